The van der Waals surface area contributed by atoms with Crippen molar-refractivity contribution in [1.82, 2.24) is 10.2 Å². The molecule has 24 heavy (non-hydrogen) atoms. The van der Waals surface area contributed by atoms with Crippen LogP contribution in [0, 0.1) is 0 Å². The number of benzene rings is 1. The van der Waals surface area contributed by atoms with Gasteiger partial charge < -0.3 is 15.0 Å². The van der Waals surface area contributed by atoms with E-state index < -0.39 is 0 Å². The summed E-state index contributed by atoms with van der Waals surface area (Å²) in [6.07, 6.45) is 3.45. The van der Waals surface area contributed by atoms with Crippen LogP contribution in [0.3, 0.4) is 0 Å². The van der Waals surface area contributed by atoms with Gasteiger partial charge >= 0.3 is 0 Å². The molecule has 2 rings (SSSR count). The standard InChI is InChI=1S/C20H32N2O2/c1-20(2,3)16-7-9-18(10-8-16)24-15-5-6-19(23)22-13-11-17(21-4)12-14-22/h7-10,17,21H,5-6,11-15H2,1-4H3. The fourth-order valence-electron chi connectivity index (χ4n) is 3.04. The van der Waals surface area contributed by atoms with Crippen LogP contribution in [0.2, 0.25) is 0 Å². The molecular weight excluding hydrogens is 300 g/mol. The highest BCUT2D eigenvalue weighted by molar-refractivity contribution is 5.76. The monoisotopic (exact) mass is 332 g/mol. The van der Waals surface area contributed by atoms with E-state index in [0.717, 1.165) is 38.1 Å². The van der Waals surface area contributed by atoms with Crippen molar-refractivity contribution in [2.45, 2.75) is 57.9 Å². The maximum Gasteiger partial charge on any atom is 0.222 e. The molecule has 1 aromatic rings. The average molecular weight is 332 g/mol. The summed E-state index contributed by atoms with van der Waals surface area (Å²) in [5.74, 6) is 1.14. The fourth-order valence-corrected chi connectivity index (χ4v) is 3.04. The van der Waals surface area contributed by atoms with Crippen LogP contribution in [0.5, 0.6) is 5.75 Å². The third-order valence-electron chi connectivity index (χ3n) is 4.78. The number of hydrogen-bond acceptors (Lipinski definition) is 3. The lowest BCUT2D eigenvalue weighted by molar-refractivity contribution is -0.132. The van der Waals surface area contributed by atoms with Crippen LogP contribution in [-0.2, 0) is 10.2 Å². The van der Waals surface area contributed by atoms with Crippen molar-refractivity contribution >= 4 is 5.91 Å². The number of hydrogen-bond donors (Lipinski definition) is 1. The number of carbonyl (C=O) groups is 1. The maximum atomic E-state index is 12.2. The summed E-state index contributed by atoms with van der Waals surface area (Å²) in [7, 11) is 1.99. The molecule has 1 aliphatic heterocycles. The minimum atomic E-state index is 0.158. The fraction of sp³-hybridized carbons (Fsp3) is 0.650. The molecule has 1 heterocycles. The highest BCUT2D eigenvalue weighted by Gasteiger charge is 2.21. The number of carbonyl (C=O) groups excluding carboxylic acids is 1. The van der Waals surface area contributed by atoms with Gasteiger partial charge in [0.2, 0.25) is 5.91 Å². The van der Waals surface area contributed by atoms with Crippen LogP contribution in [0.4, 0.5) is 0 Å². The Bertz CT molecular complexity index is 511. The van der Waals surface area contributed by atoms with Gasteiger partial charge in [-0.15, -0.1) is 0 Å². The molecule has 0 unspecified atom stereocenters. The van der Waals surface area contributed by atoms with Crippen LogP contribution in [-0.4, -0.2) is 43.6 Å². The van der Waals surface area contributed by atoms with E-state index in [-0.39, 0.29) is 11.3 Å². The summed E-state index contributed by atoms with van der Waals surface area (Å²) in [5.41, 5.74) is 1.46. The van der Waals surface area contributed by atoms with Gasteiger partial charge in [0, 0.05) is 25.6 Å². The van der Waals surface area contributed by atoms with Gasteiger partial charge in [-0.25, -0.2) is 0 Å². The largest absolute Gasteiger partial charge is 0.494 e. The number of rotatable bonds is 6. The van der Waals surface area contributed by atoms with Gasteiger partial charge in [0.1, 0.15) is 5.75 Å². The van der Waals surface area contributed by atoms with E-state index in [1.54, 1.807) is 0 Å². The molecule has 0 saturated carbocycles. The Kier molecular flexibility index (Phi) is 6.67. The first kappa shape index (κ1) is 18.8. The van der Waals surface area contributed by atoms with Crippen LogP contribution < -0.4 is 10.1 Å². The maximum absolute atomic E-state index is 12.2. The van der Waals surface area contributed by atoms with Crippen molar-refractivity contribution in [3.63, 3.8) is 0 Å². The molecule has 0 spiro atoms. The van der Waals surface area contributed by atoms with E-state index in [1.807, 2.05) is 24.1 Å². The van der Waals surface area contributed by atoms with Crippen molar-refractivity contribution in [1.29, 1.82) is 0 Å². The second-order valence-electron chi connectivity index (χ2n) is 7.67. The Balaban J connectivity index is 1.67. The highest BCUT2D eigenvalue weighted by Crippen LogP contribution is 2.24. The average Bonchev–Trinajstić information content (AvgIpc) is 2.58. The van der Waals surface area contributed by atoms with E-state index in [4.69, 9.17) is 4.74 Å². The summed E-state index contributed by atoms with van der Waals surface area (Å²) in [5, 5.41) is 3.29. The van der Waals surface area contributed by atoms with Crippen LogP contribution in [0.15, 0.2) is 24.3 Å². The molecule has 1 aromatic carbocycles. The first-order valence-corrected chi connectivity index (χ1v) is 9.08. The van der Waals surface area contributed by atoms with Crippen molar-refractivity contribution in [3.8, 4) is 5.75 Å². The molecule has 4 heteroatoms. The second kappa shape index (κ2) is 8.52. The molecule has 134 valence electrons. The van der Waals surface area contributed by atoms with Gasteiger partial charge in [0.25, 0.3) is 0 Å². The molecule has 1 aliphatic rings. The Hall–Kier alpha value is -1.55. The van der Waals surface area contributed by atoms with E-state index >= 15 is 0 Å². The van der Waals surface area contributed by atoms with Crippen LogP contribution in [0.25, 0.3) is 0 Å². The molecule has 0 aliphatic carbocycles. The lowest BCUT2D eigenvalue weighted by Gasteiger charge is -2.31. The molecule has 1 fully saturated rings. The lowest BCUT2D eigenvalue weighted by atomic mass is 9.87. The minimum Gasteiger partial charge on any atom is -0.494 e. The number of nitrogens with one attached hydrogen (secondary N) is 1. The number of nitrogens with zero attached hydrogens (tertiary/aromatic N) is 1. The van der Waals surface area contributed by atoms with Crippen LogP contribution in [0.1, 0.15) is 52.0 Å². The molecule has 0 atom stereocenters. The summed E-state index contributed by atoms with van der Waals surface area (Å²) < 4.78 is 5.77. The first-order valence-electron chi connectivity index (χ1n) is 9.08. The van der Waals surface area contributed by atoms with Gasteiger partial charge in [-0.2, -0.15) is 0 Å². The quantitative estimate of drug-likeness (QED) is 0.812. The summed E-state index contributed by atoms with van der Waals surface area (Å²) in [4.78, 5) is 14.2. The molecule has 1 amide bonds. The van der Waals surface area contributed by atoms with E-state index in [1.165, 1.54) is 5.56 Å². The summed E-state index contributed by atoms with van der Waals surface area (Å²) in [6.45, 7) is 8.95. The smallest absolute Gasteiger partial charge is 0.222 e. The molecule has 1 saturated heterocycles. The van der Waals surface area contributed by atoms with Crippen molar-refractivity contribution < 1.29 is 9.53 Å². The van der Waals surface area contributed by atoms with Gasteiger partial charge in [0.15, 0.2) is 0 Å². The lowest BCUT2D eigenvalue weighted by Crippen LogP contribution is -2.43. The predicted molar refractivity (Wildman–Crippen MR) is 98.5 cm³/mol. The normalized spacial score (nSPS) is 16.2. The Morgan fingerprint density at radius 2 is 1.83 bits per heavy atom. The van der Waals surface area contributed by atoms with E-state index in [2.05, 4.69) is 38.2 Å². The zero-order valence-electron chi connectivity index (χ0n) is 15.6. The van der Waals surface area contributed by atoms with E-state index in [9.17, 15) is 4.79 Å². The molecule has 1 N–H and O–H groups in total. The molecule has 0 bridgehead atoms. The number of likely N-dealkylation sites (tertiary alicyclic amines) is 1. The zero-order chi connectivity index (χ0) is 17.6. The number of piperidine rings is 1. The third-order valence-corrected chi connectivity index (χ3v) is 4.78. The molecule has 4 nitrogen and oxygen atoms in total. The summed E-state index contributed by atoms with van der Waals surface area (Å²) in [6, 6.07) is 8.84. The van der Waals surface area contributed by atoms with Gasteiger partial charge in [-0.3, -0.25) is 4.79 Å². The third kappa shape index (κ3) is 5.52. The Morgan fingerprint density at radius 3 is 2.38 bits per heavy atom. The van der Waals surface area contributed by atoms with Crippen molar-refractivity contribution in [2.75, 3.05) is 26.7 Å². The second-order valence-corrected chi connectivity index (χ2v) is 7.67. The van der Waals surface area contributed by atoms with Crippen LogP contribution >= 0.6 is 0 Å². The summed E-state index contributed by atoms with van der Waals surface area (Å²) >= 11 is 0. The zero-order valence-corrected chi connectivity index (χ0v) is 15.6. The predicted octanol–water partition coefficient (Wildman–Crippen LogP) is 3.35. The minimum absolute atomic E-state index is 0.158. The molecule has 0 aromatic heterocycles. The molecular formula is C20H32N2O2. The van der Waals surface area contributed by atoms with Crippen molar-refractivity contribution in [3.05, 3.63) is 29.8 Å². The van der Waals surface area contributed by atoms with Gasteiger partial charge in [-0.1, -0.05) is 32.9 Å². The van der Waals surface area contributed by atoms with Gasteiger partial charge in [0.05, 0.1) is 6.61 Å². The van der Waals surface area contributed by atoms with Gasteiger partial charge in [-0.05, 0) is 49.4 Å². The van der Waals surface area contributed by atoms with Crippen molar-refractivity contribution in [2.24, 2.45) is 0 Å². The molecule has 0 radical (unpaired) electrons. The first-order chi connectivity index (χ1) is 11.4. The topological polar surface area (TPSA) is 41.6 Å². The van der Waals surface area contributed by atoms with E-state index in [0.29, 0.717) is 19.1 Å². The number of amides is 1. The number of ether oxygens (including phenoxy) is 1. The Labute approximate surface area is 146 Å². The highest BCUT2D eigenvalue weighted by atomic mass is 16.5. The SMILES string of the molecule is CNC1CCN(C(=O)CCCOc2ccc(C(C)(C)C)cc2)CC1. The Morgan fingerprint density at radius 1 is 1.21 bits per heavy atom.